The van der Waals surface area contributed by atoms with E-state index in [0.717, 1.165) is 18.3 Å². The summed E-state index contributed by atoms with van der Waals surface area (Å²) in [6.07, 6.45) is 2.71. The van der Waals surface area contributed by atoms with E-state index in [1.165, 1.54) is 29.2 Å². The molecule has 2 N–H and O–H groups in total. The summed E-state index contributed by atoms with van der Waals surface area (Å²) in [4.78, 5) is 18.3. The molecule has 9 nitrogen and oxygen atoms in total. The molecule has 0 radical (unpaired) electrons. The smallest absolute Gasteiger partial charge is 0.315 e. The van der Waals surface area contributed by atoms with Crippen LogP contribution in [0, 0.1) is 17.2 Å². The number of benzene rings is 1. The zero-order valence-electron chi connectivity index (χ0n) is 22.8. The number of ketones is 1. The molecular weight excluding hydrogens is 588 g/mol. The van der Waals surface area contributed by atoms with Crippen LogP contribution < -0.4 is 5.73 Å². The van der Waals surface area contributed by atoms with Crippen molar-refractivity contribution in [2.75, 3.05) is 0 Å². The third kappa shape index (κ3) is 4.97. The second kappa shape index (κ2) is 10.2. The van der Waals surface area contributed by atoms with Gasteiger partial charge in [-0.1, -0.05) is 5.57 Å². The van der Waals surface area contributed by atoms with Crippen molar-refractivity contribution in [3.8, 4) is 5.69 Å². The Kier molecular flexibility index (Phi) is 6.88. The van der Waals surface area contributed by atoms with Gasteiger partial charge in [0.25, 0.3) is 0 Å². The lowest BCUT2D eigenvalue weighted by molar-refractivity contribution is -0.137. The number of nitrogens with two attached hydrogens (primary N) is 1. The first kappa shape index (κ1) is 28.9. The fraction of sp³-hybridized carbons (Fsp3) is 0.310. The molecule has 3 heterocycles. The number of aromatic nitrogens is 5. The zero-order chi connectivity index (χ0) is 30.7. The van der Waals surface area contributed by atoms with Crippen LogP contribution >= 0.6 is 0 Å². The molecule has 0 amide bonds. The summed E-state index contributed by atoms with van der Waals surface area (Å²) < 4.78 is 84.1. The average Bonchev–Trinajstić information content (AvgIpc) is 3.61. The van der Waals surface area contributed by atoms with Crippen LogP contribution in [-0.4, -0.2) is 44.1 Å². The number of hydrogen-bond acceptors (Lipinski definition) is 7. The van der Waals surface area contributed by atoms with Gasteiger partial charge in [0, 0.05) is 19.4 Å². The summed E-state index contributed by atoms with van der Waals surface area (Å²) in [6, 6.07) is 7.21. The highest BCUT2D eigenvalue weighted by Crippen LogP contribution is 2.52. The molecule has 6 rings (SSSR count). The van der Waals surface area contributed by atoms with Crippen LogP contribution in [0.5, 0.6) is 0 Å². The molecule has 3 atom stereocenters. The van der Waals surface area contributed by atoms with E-state index in [1.807, 2.05) is 0 Å². The maximum atomic E-state index is 14.3. The second-order valence-corrected chi connectivity index (χ2v) is 13.1. The molecule has 0 spiro atoms. The van der Waals surface area contributed by atoms with Crippen LogP contribution in [0.15, 0.2) is 71.7 Å². The number of aryl methyl sites for hydroxylation is 1. The van der Waals surface area contributed by atoms with Gasteiger partial charge in [-0.25, -0.2) is 17.5 Å². The number of nitrogens with zero attached hydrogens (tertiary/aromatic N) is 5. The number of carbonyl (C=O) groups is 1. The highest BCUT2D eigenvalue weighted by molar-refractivity contribution is 7.92. The van der Waals surface area contributed by atoms with Crippen LogP contribution in [0.2, 0.25) is 0 Å². The van der Waals surface area contributed by atoms with Crippen molar-refractivity contribution in [2.45, 2.75) is 42.1 Å². The van der Waals surface area contributed by atoms with E-state index in [-0.39, 0.29) is 29.9 Å². The molecule has 0 bridgehead atoms. The van der Waals surface area contributed by atoms with Gasteiger partial charge >= 0.3 is 6.18 Å². The first-order valence-electron chi connectivity index (χ1n) is 13.4. The molecule has 3 aromatic heterocycles. The van der Waals surface area contributed by atoms with Crippen molar-refractivity contribution >= 4 is 21.7 Å². The van der Waals surface area contributed by atoms with Gasteiger partial charge in [-0.3, -0.25) is 14.5 Å². The molecule has 0 saturated heterocycles. The van der Waals surface area contributed by atoms with Gasteiger partial charge in [0.15, 0.2) is 15.6 Å². The SMILES string of the molecule is Cn1cc(S(=O)(=O)[C@@H](N)[C@H]2CCC3=Cc4c(cnn4-c4ccc(F)cc4)C[C@]3(C(=O)c3cc(C(F)(F)F)ccn3)C2)cn1. The molecular formula is C29H26F4N6O3S. The van der Waals surface area contributed by atoms with Gasteiger partial charge in [-0.2, -0.15) is 23.4 Å². The molecule has 14 heteroatoms. The number of alkyl halides is 3. The van der Waals surface area contributed by atoms with Crippen molar-refractivity contribution in [1.82, 2.24) is 24.5 Å². The monoisotopic (exact) mass is 614 g/mol. The Balaban J connectivity index is 1.44. The molecule has 1 saturated carbocycles. The number of rotatable bonds is 6. The molecule has 2 aliphatic carbocycles. The maximum Gasteiger partial charge on any atom is 0.416 e. The first-order chi connectivity index (χ1) is 20.3. The predicted molar refractivity (Wildman–Crippen MR) is 147 cm³/mol. The summed E-state index contributed by atoms with van der Waals surface area (Å²) >= 11 is 0. The molecule has 0 aliphatic heterocycles. The lowest BCUT2D eigenvalue weighted by Crippen LogP contribution is -2.48. The Bertz CT molecular complexity index is 1860. The molecule has 4 aromatic rings. The summed E-state index contributed by atoms with van der Waals surface area (Å²) in [5.74, 6) is -1.77. The van der Waals surface area contributed by atoms with Gasteiger partial charge in [0.2, 0.25) is 0 Å². The summed E-state index contributed by atoms with van der Waals surface area (Å²) in [5.41, 5.74) is 6.05. The number of sulfone groups is 1. The largest absolute Gasteiger partial charge is 0.416 e. The highest BCUT2D eigenvalue weighted by Gasteiger charge is 2.52. The van der Waals surface area contributed by atoms with E-state index >= 15 is 0 Å². The maximum absolute atomic E-state index is 14.3. The van der Waals surface area contributed by atoms with Crippen LogP contribution in [0.4, 0.5) is 17.6 Å². The fourth-order valence-corrected chi connectivity index (χ4v) is 7.70. The predicted octanol–water partition coefficient (Wildman–Crippen LogP) is 4.53. The van der Waals surface area contributed by atoms with Crippen LogP contribution in [0.1, 0.15) is 46.6 Å². The van der Waals surface area contributed by atoms with Crippen LogP contribution in [-0.2, 0) is 29.5 Å². The summed E-state index contributed by atoms with van der Waals surface area (Å²) in [6.45, 7) is 0. The fourth-order valence-electron chi connectivity index (χ4n) is 6.15. The Morgan fingerprint density at radius 1 is 1.14 bits per heavy atom. The van der Waals surface area contributed by atoms with Crippen molar-refractivity contribution in [3.63, 3.8) is 0 Å². The van der Waals surface area contributed by atoms with E-state index in [2.05, 4.69) is 15.2 Å². The van der Waals surface area contributed by atoms with Crippen molar-refractivity contribution in [1.29, 1.82) is 0 Å². The Morgan fingerprint density at radius 3 is 2.56 bits per heavy atom. The molecule has 224 valence electrons. The lowest BCUT2D eigenvalue weighted by atomic mass is 9.59. The van der Waals surface area contributed by atoms with E-state index < -0.39 is 49.9 Å². The minimum absolute atomic E-state index is 0.0303. The second-order valence-electron chi connectivity index (χ2n) is 11.0. The third-order valence-electron chi connectivity index (χ3n) is 8.36. The van der Waals surface area contributed by atoms with Crippen LogP contribution in [0.25, 0.3) is 11.8 Å². The Labute approximate surface area is 244 Å². The minimum Gasteiger partial charge on any atom is -0.315 e. The lowest BCUT2D eigenvalue weighted by Gasteiger charge is -2.45. The van der Waals surface area contributed by atoms with Crippen molar-refractivity contribution in [2.24, 2.45) is 24.1 Å². The summed E-state index contributed by atoms with van der Waals surface area (Å²) in [5, 5.41) is 6.99. The number of hydrogen-bond donors (Lipinski definition) is 1. The van der Waals surface area contributed by atoms with E-state index in [9.17, 15) is 30.8 Å². The van der Waals surface area contributed by atoms with E-state index in [4.69, 9.17) is 5.73 Å². The zero-order valence-corrected chi connectivity index (χ0v) is 23.6. The highest BCUT2D eigenvalue weighted by atomic mass is 32.2. The number of pyridine rings is 1. The molecule has 43 heavy (non-hydrogen) atoms. The van der Waals surface area contributed by atoms with Crippen molar-refractivity contribution in [3.05, 3.63) is 95.1 Å². The van der Waals surface area contributed by atoms with Gasteiger partial charge in [-0.15, -0.1) is 0 Å². The van der Waals surface area contributed by atoms with Gasteiger partial charge < -0.3 is 5.73 Å². The van der Waals surface area contributed by atoms with Crippen molar-refractivity contribution < 1.29 is 30.8 Å². The summed E-state index contributed by atoms with van der Waals surface area (Å²) in [7, 11) is -2.47. The number of halogens is 4. The van der Waals surface area contributed by atoms with E-state index in [1.54, 1.807) is 36.1 Å². The Morgan fingerprint density at radius 2 is 1.88 bits per heavy atom. The van der Waals surface area contributed by atoms with E-state index in [0.29, 0.717) is 28.9 Å². The van der Waals surface area contributed by atoms with Crippen LogP contribution in [0.3, 0.4) is 0 Å². The number of fused-ring (bicyclic) bond motifs is 2. The average molecular weight is 615 g/mol. The molecule has 0 unspecified atom stereocenters. The Hall–Kier alpha value is -4.17. The number of Topliss-reactive ketones (excluding diaryl/α,β-unsaturated/α-hetero) is 1. The molecule has 2 aliphatic rings. The quantitative estimate of drug-likeness (QED) is 0.250. The first-order valence-corrected chi connectivity index (χ1v) is 14.9. The van der Waals surface area contributed by atoms with Gasteiger partial charge in [0.05, 0.1) is 34.8 Å². The topological polar surface area (TPSA) is 126 Å². The standard InChI is InChI=1S/C29H26F4N6O3S/c1-38-16-23(15-36-38)43(41,42)27(34)17-2-3-19-11-25-18(14-37-39(25)22-6-4-21(30)5-7-22)13-28(19,12-17)26(40)24-10-20(8-9-35-24)29(31,32)33/h4-11,14-17,27H,2-3,12-13,34H2,1H3/t17-,27+,28+/m0/s1. The van der Waals surface area contributed by atoms with Gasteiger partial charge in [-0.05, 0) is 79.6 Å². The number of allylic oxidation sites excluding steroid dienone is 1. The molecule has 1 aromatic carbocycles. The normalized spacial score (nSPS) is 21.1. The number of carbonyl (C=O) groups excluding carboxylic acids is 1. The molecule has 1 fully saturated rings. The minimum atomic E-state index is -4.69. The van der Waals surface area contributed by atoms with Gasteiger partial charge in [0.1, 0.15) is 21.8 Å². The third-order valence-corrected chi connectivity index (χ3v) is 10.3.